The first-order chi connectivity index (χ1) is 13.0. The molecule has 0 aliphatic rings. The molecule has 2 rings (SSSR count). The average Bonchev–Trinajstić information content (AvgIpc) is 2.65. The summed E-state index contributed by atoms with van der Waals surface area (Å²) < 4.78 is 0. The monoisotopic (exact) mass is 378 g/mol. The third kappa shape index (κ3) is 4.19. The second kappa shape index (κ2) is 8.21. The molecule has 0 atom stereocenters. The largest absolute Gasteiger partial charge is 0.294 e. The Kier molecular flexibility index (Phi) is 6.19. The number of ketones is 5. The van der Waals surface area contributed by atoms with Crippen molar-refractivity contribution in [2.24, 2.45) is 5.92 Å². The van der Waals surface area contributed by atoms with Crippen molar-refractivity contribution in [2.45, 2.75) is 34.6 Å². The number of hydrogen-bond donors (Lipinski definition) is 0. The zero-order valence-corrected chi connectivity index (χ0v) is 16.6. The summed E-state index contributed by atoms with van der Waals surface area (Å²) >= 11 is 0. The summed E-state index contributed by atoms with van der Waals surface area (Å²) in [5.41, 5.74) is 1.37. The molecule has 144 valence electrons. The summed E-state index contributed by atoms with van der Waals surface area (Å²) in [6.45, 7) is 7.51. The van der Waals surface area contributed by atoms with E-state index in [4.69, 9.17) is 0 Å². The SMILES string of the molecule is CC(=O)c1ccc(C(=O)c2ccc(C(=O)C(C)C)c(C(C)=O)c2)cc1C(C)=O. The van der Waals surface area contributed by atoms with Gasteiger partial charge in [0.05, 0.1) is 0 Å². The first-order valence-electron chi connectivity index (χ1n) is 8.94. The Labute approximate surface area is 163 Å². The Morgan fingerprint density at radius 2 is 1.00 bits per heavy atom. The smallest absolute Gasteiger partial charge is 0.193 e. The molecular weight excluding hydrogens is 356 g/mol. The maximum atomic E-state index is 12.9. The van der Waals surface area contributed by atoms with E-state index < -0.39 is 5.78 Å². The van der Waals surface area contributed by atoms with E-state index in [1.54, 1.807) is 13.8 Å². The summed E-state index contributed by atoms with van der Waals surface area (Å²) in [5.74, 6) is -1.74. The van der Waals surface area contributed by atoms with Crippen LogP contribution < -0.4 is 0 Å². The Morgan fingerprint density at radius 1 is 0.607 bits per heavy atom. The molecule has 0 saturated heterocycles. The minimum Gasteiger partial charge on any atom is -0.294 e. The number of carbonyl (C=O) groups is 5. The van der Waals surface area contributed by atoms with Crippen LogP contribution in [0.5, 0.6) is 0 Å². The van der Waals surface area contributed by atoms with Crippen LogP contribution in [0, 0.1) is 5.92 Å². The van der Waals surface area contributed by atoms with E-state index in [0.717, 1.165) is 0 Å². The van der Waals surface area contributed by atoms with Gasteiger partial charge < -0.3 is 0 Å². The molecule has 0 unspecified atom stereocenters. The minimum absolute atomic E-state index is 0.172. The van der Waals surface area contributed by atoms with E-state index in [1.165, 1.54) is 57.2 Å². The lowest BCUT2D eigenvalue weighted by Gasteiger charge is -2.11. The molecule has 5 heteroatoms. The Bertz CT molecular complexity index is 1010. The van der Waals surface area contributed by atoms with E-state index in [1.807, 2.05) is 0 Å². The molecule has 2 aromatic rings. The van der Waals surface area contributed by atoms with Crippen LogP contribution in [-0.2, 0) is 0 Å². The highest BCUT2D eigenvalue weighted by molar-refractivity contribution is 6.15. The zero-order chi connectivity index (χ0) is 21.2. The fraction of sp³-hybridized carbons (Fsp3) is 0.261. The molecular formula is C23H22O5. The van der Waals surface area contributed by atoms with Gasteiger partial charge in [-0.25, -0.2) is 0 Å². The average molecular weight is 378 g/mol. The van der Waals surface area contributed by atoms with Crippen molar-refractivity contribution in [1.82, 2.24) is 0 Å². The summed E-state index contributed by atoms with van der Waals surface area (Å²) in [4.78, 5) is 60.8. The number of carbonyl (C=O) groups excluding carboxylic acids is 5. The molecule has 0 aliphatic heterocycles. The molecule has 28 heavy (non-hydrogen) atoms. The Hall–Kier alpha value is -3.21. The third-order valence-electron chi connectivity index (χ3n) is 4.49. The highest BCUT2D eigenvalue weighted by Gasteiger charge is 2.21. The van der Waals surface area contributed by atoms with Gasteiger partial charge in [-0.05, 0) is 45.0 Å². The Morgan fingerprint density at radius 3 is 1.39 bits per heavy atom. The lowest BCUT2D eigenvalue weighted by atomic mass is 9.90. The van der Waals surface area contributed by atoms with Gasteiger partial charge in [0, 0.05) is 39.3 Å². The summed E-state index contributed by atoms with van der Waals surface area (Å²) in [7, 11) is 0. The fourth-order valence-electron chi connectivity index (χ4n) is 2.95. The quantitative estimate of drug-likeness (QED) is 0.668. The van der Waals surface area contributed by atoms with Crippen molar-refractivity contribution in [2.75, 3.05) is 0 Å². The van der Waals surface area contributed by atoms with Crippen LogP contribution in [0.25, 0.3) is 0 Å². The van der Waals surface area contributed by atoms with Crippen LogP contribution in [0.1, 0.15) is 92.0 Å². The predicted molar refractivity (Wildman–Crippen MR) is 105 cm³/mol. The predicted octanol–water partition coefficient (Wildman–Crippen LogP) is 4.36. The van der Waals surface area contributed by atoms with Crippen molar-refractivity contribution >= 4 is 28.9 Å². The van der Waals surface area contributed by atoms with Gasteiger partial charge in [-0.15, -0.1) is 0 Å². The summed E-state index contributed by atoms with van der Waals surface area (Å²) in [5, 5.41) is 0. The molecule has 0 spiro atoms. The molecule has 0 amide bonds. The minimum atomic E-state index is -0.399. The van der Waals surface area contributed by atoms with Crippen LogP contribution >= 0.6 is 0 Å². The lowest BCUT2D eigenvalue weighted by Crippen LogP contribution is -2.14. The van der Waals surface area contributed by atoms with Gasteiger partial charge in [0.1, 0.15) is 0 Å². The van der Waals surface area contributed by atoms with Gasteiger partial charge in [-0.3, -0.25) is 24.0 Å². The number of Topliss-reactive ketones (excluding diaryl/α,β-unsaturated/α-hetero) is 4. The van der Waals surface area contributed by atoms with E-state index in [0.29, 0.717) is 0 Å². The normalized spacial score (nSPS) is 10.6. The second-order valence-corrected chi connectivity index (χ2v) is 7.04. The zero-order valence-electron chi connectivity index (χ0n) is 16.6. The molecule has 0 heterocycles. The van der Waals surface area contributed by atoms with Crippen molar-refractivity contribution in [3.05, 3.63) is 69.8 Å². The first kappa shape index (κ1) is 21.1. The van der Waals surface area contributed by atoms with Crippen molar-refractivity contribution in [3.8, 4) is 0 Å². The van der Waals surface area contributed by atoms with Crippen LogP contribution in [0.2, 0.25) is 0 Å². The van der Waals surface area contributed by atoms with Gasteiger partial charge in [-0.1, -0.05) is 26.0 Å². The van der Waals surface area contributed by atoms with Gasteiger partial charge in [-0.2, -0.15) is 0 Å². The van der Waals surface area contributed by atoms with E-state index in [2.05, 4.69) is 0 Å². The van der Waals surface area contributed by atoms with Crippen molar-refractivity contribution in [1.29, 1.82) is 0 Å². The maximum Gasteiger partial charge on any atom is 0.193 e. The highest BCUT2D eigenvalue weighted by atomic mass is 16.1. The topological polar surface area (TPSA) is 85.3 Å². The number of benzene rings is 2. The van der Waals surface area contributed by atoms with Crippen LogP contribution in [0.3, 0.4) is 0 Å². The molecule has 0 aliphatic carbocycles. The van der Waals surface area contributed by atoms with Crippen LogP contribution in [0.4, 0.5) is 0 Å². The van der Waals surface area contributed by atoms with Gasteiger partial charge in [0.15, 0.2) is 28.9 Å². The standard InChI is InChI=1S/C23H22O5/c1-12(2)22(27)19-9-7-17(11-21(19)15(5)26)23(28)16-6-8-18(13(3)24)20(10-16)14(4)25/h6-12H,1-5H3. The van der Waals surface area contributed by atoms with E-state index in [9.17, 15) is 24.0 Å². The Balaban J connectivity index is 2.55. The number of rotatable bonds is 7. The van der Waals surface area contributed by atoms with Crippen LogP contribution in [0.15, 0.2) is 36.4 Å². The van der Waals surface area contributed by atoms with Crippen molar-refractivity contribution < 1.29 is 24.0 Å². The first-order valence-corrected chi connectivity index (χ1v) is 8.94. The lowest BCUT2D eigenvalue weighted by molar-refractivity contribution is 0.0925. The van der Waals surface area contributed by atoms with Gasteiger partial charge >= 0.3 is 0 Å². The van der Waals surface area contributed by atoms with Gasteiger partial charge in [0.2, 0.25) is 0 Å². The molecule has 5 nitrogen and oxygen atoms in total. The molecule has 0 aromatic heterocycles. The molecule has 0 saturated carbocycles. The third-order valence-corrected chi connectivity index (χ3v) is 4.49. The van der Waals surface area contributed by atoms with Crippen LogP contribution in [-0.4, -0.2) is 28.9 Å². The molecule has 0 N–H and O–H groups in total. The van der Waals surface area contributed by atoms with E-state index in [-0.39, 0.29) is 62.4 Å². The molecule has 0 bridgehead atoms. The molecule has 0 radical (unpaired) electrons. The number of hydrogen-bond acceptors (Lipinski definition) is 5. The fourth-order valence-corrected chi connectivity index (χ4v) is 2.95. The highest BCUT2D eigenvalue weighted by Crippen LogP contribution is 2.21. The second-order valence-electron chi connectivity index (χ2n) is 7.04. The van der Waals surface area contributed by atoms with Gasteiger partial charge in [0.25, 0.3) is 0 Å². The summed E-state index contributed by atoms with van der Waals surface area (Å²) in [6, 6.07) is 8.72. The van der Waals surface area contributed by atoms with Crippen molar-refractivity contribution in [3.63, 3.8) is 0 Å². The van der Waals surface area contributed by atoms with E-state index >= 15 is 0 Å². The maximum absolute atomic E-state index is 12.9. The molecule has 2 aromatic carbocycles. The molecule has 0 fully saturated rings. The summed E-state index contributed by atoms with van der Waals surface area (Å²) in [6.07, 6.45) is 0.